The van der Waals surface area contributed by atoms with Gasteiger partial charge in [-0.05, 0) is 33.6 Å². The number of thiazole rings is 1. The fourth-order valence-electron chi connectivity index (χ4n) is 2.88. The number of anilines is 1. The van der Waals surface area contributed by atoms with E-state index in [1.807, 2.05) is 20.8 Å². The van der Waals surface area contributed by atoms with Gasteiger partial charge in [-0.25, -0.2) is 19.7 Å². The number of rotatable bonds is 3. The predicted octanol–water partition coefficient (Wildman–Crippen LogP) is 4.00. The molecule has 1 fully saturated rings. The van der Waals surface area contributed by atoms with Crippen molar-refractivity contribution in [2.24, 2.45) is 0 Å². The van der Waals surface area contributed by atoms with Gasteiger partial charge in [-0.2, -0.15) is 13.2 Å². The summed E-state index contributed by atoms with van der Waals surface area (Å²) in [6, 6.07) is 0.0320. The van der Waals surface area contributed by atoms with E-state index in [4.69, 9.17) is 4.74 Å². The maximum atomic E-state index is 12.6. The fraction of sp³-hybridized carbons (Fsp3) is 0.647. The van der Waals surface area contributed by atoms with Crippen LogP contribution in [0.3, 0.4) is 0 Å². The van der Waals surface area contributed by atoms with E-state index >= 15 is 0 Å². The van der Waals surface area contributed by atoms with Gasteiger partial charge in [0.05, 0.1) is 6.42 Å². The van der Waals surface area contributed by atoms with Crippen LogP contribution < -0.4 is 5.32 Å². The van der Waals surface area contributed by atoms with Crippen LogP contribution in [-0.4, -0.2) is 56.9 Å². The molecule has 1 aliphatic heterocycles. The number of hydrogen-bond donors (Lipinski definition) is 1. The Bertz CT molecular complexity index is 841. The largest absolute Gasteiger partial charge is 0.444 e. The molecule has 0 aliphatic carbocycles. The molecule has 1 N–H and O–H groups in total. The predicted molar refractivity (Wildman–Crippen MR) is 99.4 cm³/mol. The number of ether oxygens (including phenoxy) is 1. The van der Waals surface area contributed by atoms with Crippen LogP contribution in [0.1, 0.15) is 38.6 Å². The lowest BCUT2D eigenvalue weighted by molar-refractivity contribution is -0.127. The summed E-state index contributed by atoms with van der Waals surface area (Å²) in [7, 11) is 0. The SMILES string of the molecule is CC(C)(C)OC(=O)N1CCC(Nc2ncnc3sc(CC(F)(F)F)nc23)CC1. The molecule has 11 heteroatoms. The molecular formula is C17H22F3N5O2S. The third-order valence-electron chi connectivity index (χ3n) is 4.08. The average molecular weight is 417 g/mol. The Hall–Kier alpha value is -2.17. The Morgan fingerprint density at radius 3 is 2.57 bits per heavy atom. The third-order valence-corrected chi connectivity index (χ3v) is 5.04. The van der Waals surface area contributed by atoms with Crippen LogP contribution in [-0.2, 0) is 11.2 Å². The molecule has 0 unspecified atom stereocenters. The maximum Gasteiger partial charge on any atom is 0.410 e. The first-order valence-corrected chi connectivity index (χ1v) is 9.73. The second kappa shape index (κ2) is 7.69. The summed E-state index contributed by atoms with van der Waals surface area (Å²) >= 11 is 0.918. The number of amides is 1. The normalized spacial score (nSPS) is 16.4. The minimum absolute atomic E-state index is 0.0320. The summed E-state index contributed by atoms with van der Waals surface area (Å²) in [5.41, 5.74) is -0.196. The van der Waals surface area contributed by atoms with Crippen LogP contribution in [0.2, 0.25) is 0 Å². The topological polar surface area (TPSA) is 80.2 Å². The minimum Gasteiger partial charge on any atom is -0.444 e. The molecule has 0 atom stereocenters. The molecule has 3 rings (SSSR count). The van der Waals surface area contributed by atoms with Crippen LogP contribution >= 0.6 is 11.3 Å². The lowest BCUT2D eigenvalue weighted by Gasteiger charge is -2.33. The molecular weight excluding hydrogens is 395 g/mol. The van der Waals surface area contributed by atoms with Gasteiger partial charge in [0, 0.05) is 19.1 Å². The summed E-state index contributed by atoms with van der Waals surface area (Å²) in [6.07, 6.45) is -3.08. The maximum absolute atomic E-state index is 12.6. The highest BCUT2D eigenvalue weighted by Gasteiger charge is 2.31. The van der Waals surface area contributed by atoms with Crippen molar-refractivity contribution >= 4 is 33.6 Å². The zero-order chi connectivity index (χ0) is 20.5. The second-order valence-electron chi connectivity index (χ2n) is 7.66. The van der Waals surface area contributed by atoms with Gasteiger partial charge >= 0.3 is 12.3 Å². The molecule has 0 aromatic carbocycles. The van der Waals surface area contributed by atoms with Crippen molar-refractivity contribution in [1.82, 2.24) is 19.9 Å². The summed E-state index contributed by atoms with van der Waals surface area (Å²) < 4.78 is 43.2. The van der Waals surface area contributed by atoms with E-state index in [2.05, 4.69) is 20.3 Å². The van der Waals surface area contributed by atoms with Crippen LogP contribution in [0.4, 0.5) is 23.8 Å². The molecule has 1 amide bonds. The third kappa shape index (κ3) is 5.43. The van der Waals surface area contributed by atoms with E-state index in [0.717, 1.165) is 11.3 Å². The molecule has 154 valence electrons. The van der Waals surface area contributed by atoms with Crippen LogP contribution in [0.25, 0.3) is 10.3 Å². The highest BCUT2D eigenvalue weighted by molar-refractivity contribution is 7.18. The van der Waals surface area contributed by atoms with Crippen molar-refractivity contribution in [3.05, 3.63) is 11.3 Å². The first kappa shape index (κ1) is 20.6. The number of alkyl halides is 3. The van der Waals surface area contributed by atoms with Gasteiger partial charge in [0.25, 0.3) is 0 Å². The number of likely N-dealkylation sites (tertiary alicyclic amines) is 1. The number of hydrogen-bond acceptors (Lipinski definition) is 7. The number of aromatic nitrogens is 3. The highest BCUT2D eigenvalue weighted by Crippen LogP contribution is 2.30. The summed E-state index contributed by atoms with van der Waals surface area (Å²) in [6.45, 7) is 6.51. The summed E-state index contributed by atoms with van der Waals surface area (Å²) in [5.74, 6) is 0.422. The van der Waals surface area contributed by atoms with Crippen LogP contribution in [0, 0.1) is 0 Å². The van der Waals surface area contributed by atoms with Gasteiger partial charge in [-0.3, -0.25) is 0 Å². The Balaban J connectivity index is 1.63. The van der Waals surface area contributed by atoms with E-state index in [-0.39, 0.29) is 17.1 Å². The molecule has 1 aliphatic rings. The molecule has 0 saturated carbocycles. The van der Waals surface area contributed by atoms with Crippen molar-refractivity contribution in [2.75, 3.05) is 18.4 Å². The molecule has 2 aromatic heterocycles. The zero-order valence-corrected chi connectivity index (χ0v) is 16.7. The van der Waals surface area contributed by atoms with E-state index in [9.17, 15) is 18.0 Å². The number of piperidine rings is 1. The minimum atomic E-state index is -4.32. The highest BCUT2D eigenvalue weighted by atomic mass is 32.1. The Kier molecular flexibility index (Phi) is 5.64. The monoisotopic (exact) mass is 417 g/mol. The van der Waals surface area contributed by atoms with E-state index in [1.165, 1.54) is 6.33 Å². The Morgan fingerprint density at radius 2 is 1.96 bits per heavy atom. The number of carbonyl (C=O) groups is 1. The molecule has 28 heavy (non-hydrogen) atoms. The van der Waals surface area contributed by atoms with Gasteiger partial charge in [-0.15, -0.1) is 0 Å². The standard InChI is InChI=1S/C17H22F3N5O2S/c1-16(2,3)27-15(26)25-6-4-10(5-7-25)23-13-12-14(22-9-21-13)28-11(24-12)8-17(18,19)20/h9-10H,4-8H2,1-3H3,(H,21,22,23). The lowest BCUT2D eigenvalue weighted by Crippen LogP contribution is -2.44. The first-order chi connectivity index (χ1) is 13.0. The van der Waals surface area contributed by atoms with Gasteiger partial charge in [0.15, 0.2) is 5.82 Å². The molecule has 0 radical (unpaired) electrons. The molecule has 7 nitrogen and oxygen atoms in total. The quantitative estimate of drug-likeness (QED) is 0.813. The van der Waals surface area contributed by atoms with Crippen molar-refractivity contribution in [2.45, 2.75) is 57.9 Å². The van der Waals surface area contributed by atoms with Crippen molar-refractivity contribution in [1.29, 1.82) is 0 Å². The lowest BCUT2D eigenvalue weighted by atomic mass is 10.1. The molecule has 3 heterocycles. The van der Waals surface area contributed by atoms with Gasteiger partial charge in [0.1, 0.15) is 27.3 Å². The number of nitrogens with one attached hydrogen (secondary N) is 1. The first-order valence-electron chi connectivity index (χ1n) is 8.92. The number of halogens is 3. The van der Waals surface area contributed by atoms with Gasteiger partial charge in [0.2, 0.25) is 0 Å². The van der Waals surface area contributed by atoms with Crippen molar-refractivity contribution < 1.29 is 22.7 Å². The summed E-state index contributed by atoms with van der Waals surface area (Å²) in [5, 5.41) is 3.20. The summed E-state index contributed by atoms with van der Waals surface area (Å²) in [4.78, 5) is 26.5. The van der Waals surface area contributed by atoms with Crippen LogP contribution in [0.5, 0.6) is 0 Å². The smallest absolute Gasteiger partial charge is 0.410 e. The fourth-order valence-corrected chi connectivity index (χ4v) is 3.81. The number of fused-ring (bicyclic) bond motifs is 1. The molecule has 0 bridgehead atoms. The van der Waals surface area contributed by atoms with Gasteiger partial charge in [-0.1, -0.05) is 11.3 Å². The number of nitrogens with zero attached hydrogens (tertiary/aromatic N) is 4. The van der Waals surface area contributed by atoms with Crippen LogP contribution in [0.15, 0.2) is 6.33 Å². The molecule has 2 aromatic rings. The van der Waals surface area contributed by atoms with E-state index in [0.29, 0.717) is 42.1 Å². The molecule has 1 saturated heterocycles. The van der Waals surface area contributed by atoms with E-state index in [1.54, 1.807) is 4.90 Å². The average Bonchev–Trinajstić information content (AvgIpc) is 2.95. The number of carbonyl (C=O) groups excluding carboxylic acids is 1. The second-order valence-corrected chi connectivity index (χ2v) is 8.72. The molecule has 0 spiro atoms. The Morgan fingerprint density at radius 1 is 1.29 bits per heavy atom. The zero-order valence-electron chi connectivity index (χ0n) is 15.8. The van der Waals surface area contributed by atoms with E-state index < -0.39 is 18.2 Å². The Labute approximate surface area is 164 Å². The van der Waals surface area contributed by atoms with Crippen molar-refractivity contribution in [3.8, 4) is 0 Å². The van der Waals surface area contributed by atoms with Crippen molar-refractivity contribution in [3.63, 3.8) is 0 Å². The van der Waals surface area contributed by atoms with Gasteiger partial charge < -0.3 is 15.0 Å².